The summed E-state index contributed by atoms with van der Waals surface area (Å²) in [5.41, 5.74) is 0.818. The molecule has 4 heteroatoms. The van der Waals surface area contributed by atoms with E-state index in [9.17, 15) is 4.79 Å². The smallest absolute Gasteiger partial charge is 0.290 e. The maximum atomic E-state index is 12.0. The number of aromatic nitrogens is 1. The number of anilines is 1. The molecule has 1 amide bonds. The number of halogens is 1. The highest BCUT2D eigenvalue weighted by atomic mass is 79.9. The summed E-state index contributed by atoms with van der Waals surface area (Å²) in [7, 11) is 0. The largest absolute Gasteiger partial charge is 1.00 e. The van der Waals surface area contributed by atoms with Crippen LogP contribution in [0, 0.1) is 0 Å². The number of carbonyl (C=O) groups excluding carboxylic acids is 1. The number of fused-ring (bicyclic) bond motifs is 1. The summed E-state index contributed by atoms with van der Waals surface area (Å²) in [5, 5.41) is 5.18. The van der Waals surface area contributed by atoms with E-state index in [1.54, 1.807) is 0 Å². The van der Waals surface area contributed by atoms with Gasteiger partial charge in [0.2, 0.25) is 6.54 Å². The quantitative estimate of drug-likeness (QED) is 0.655. The molecule has 1 heterocycles. The van der Waals surface area contributed by atoms with Gasteiger partial charge in [0, 0.05) is 17.1 Å². The zero-order valence-corrected chi connectivity index (χ0v) is 13.0. The molecule has 0 aliphatic rings. The van der Waals surface area contributed by atoms with E-state index < -0.39 is 0 Å². The van der Waals surface area contributed by atoms with Crippen molar-refractivity contribution in [3.63, 3.8) is 0 Å². The van der Waals surface area contributed by atoms with Gasteiger partial charge in [-0.3, -0.25) is 4.79 Å². The van der Waals surface area contributed by atoms with E-state index >= 15 is 0 Å². The second-order valence-electron chi connectivity index (χ2n) is 4.66. The van der Waals surface area contributed by atoms with E-state index in [-0.39, 0.29) is 22.9 Å². The Morgan fingerprint density at radius 3 is 2.33 bits per heavy atom. The number of rotatable bonds is 3. The van der Waals surface area contributed by atoms with Crippen LogP contribution >= 0.6 is 0 Å². The normalized spacial score (nSPS) is 9.90. The van der Waals surface area contributed by atoms with Crippen LogP contribution in [0.4, 0.5) is 5.69 Å². The number of nitrogens with zero attached hydrogens (tertiary/aromatic N) is 1. The highest BCUT2D eigenvalue weighted by Gasteiger charge is 2.10. The van der Waals surface area contributed by atoms with Crippen LogP contribution in [0.25, 0.3) is 10.8 Å². The van der Waals surface area contributed by atoms with Gasteiger partial charge < -0.3 is 22.3 Å². The van der Waals surface area contributed by atoms with Gasteiger partial charge in [-0.1, -0.05) is 36.4 Å². The molecule has 0 aliphatic heterocycles. The standard InChI is InChI=1S/C17H14N2O.BrH/c20-17(18-16-8-2-1-3-9-16)13-19-11-10-14-6-4-5-7-15(14)12-19;/h1-12H,13H2;1H. The maximum absolute atomic E-state index is 12.0. The fourth-order valence-electron chi connectivity index (χ4n) is 2.16. The summed E-state index contributed by atoms with van der Waals surface area (Å²) in [6.07, 6.45) is 3.91. The fourth-order valence-corrected chi connectivity index (χ4v) is 2.16. The molecule has 0 aliphatic carbocycles. The van der Waals surface area contributed by atoms with Crippen molar-refractivity contribution in [2.45, 2.75) is 6.54 Å². The van der Waals surface area contributed by atoms with Crippen LogP contribution in [0.15, 0.2) is 73.1 Å². The number of benzene rings is 2. The molecular formula is C17H15BrN2O. The number of carbonyl (C=O) groups is 1. The van der Waals surface area contributed by atoms with Gasteiger partial charge in [-0.15, -0.1) is 0 Å². The van der Waals surface area contributed by atoms with Gasteiger partial charge in [-0.2, -0.15) is 4.57 Å². The molecule has 0 atom stereocenters. The van der Waals surface area contributed by atoms with Gasteiger partial charge in [0.25, 0.3) is 5.91 Å². The zero-order chi connectivity index (χ0) is 13.8. The van der Waals surface area contributed by atoms with Crippen molar-refractivity contribution in [3.05, 3.63) is 73.1 Å². The van der Waals surface area contributed by atoms with E-state index in [1.807, 2.05) is 71.6 Å². The first-order valence-corrected chi connectivity index (χ1v) is 6.54. The Morgan fingerprint density at radius 2 is 1.57 bits per heavy atom. The van der Waals surface area contributed by atoms with Gasteiger partial charge >= 0.3 is 0 Å². The van der Waals surface area contributed by atoms with Crippen molar-refractivity contribution in [2.75, 3.05) is 5.32 Å². The third-order valence-electron chi connectivity index (χ3n) is 3.13. The summed E-state index contributed by atoms with van der Waals surface area (Å²) in [6.45, 7) is 0.305. The molecule has 0 saturated carbocycles. The van der Waals surface area contributed by atoms with Crippen molar-refractivity contribution in [3.8, 4) is 0 Å². The molecule has 0 fully saturated rings. The van der Waals surface area contributed by atoms with E-state index in [4.69, 9.17) is 0 Å². The molecule has 2 aromatic carbocycles. The maximum Gasteiger partial charge on any atom is 0.290 e. The van der Waals surface area contributed by atoms with Gasteiger partial charge in [0.05, 0.1) is 0 Å². The Labute approximate surface area is 134 Å². The summed E-state index contributed by atoms with van der Waals surface area (Å²) < 4.78 is 1.89. The van der Waals surface area contributed by atoms with Crippen molar-refractivity contribution >= 4 is 22.4 Å². The van der Waals surface area contributed by atoms with E-state index in [0.717, 1.165) is 11.1 Å². The number of hydrogen-bond acceptors (Lipinski definition) is 1. The number of pyridine rings is 1. The molecule has 0 unspecified atom stereocenters. The monoisotopic (exact) mass is 342 g/mol. The minimum Gasteiger partial charge on any atom is -1.00 e. The summed E-state index contributed by atoms with van der Waals surface area (Å²) in [6, 6.07) is 19.6. The number of hydrogen-bond donors (Lipinski definition) is 1. The van der Waals surface area contributed by atoms with Crippen LogP contribution in [-0.2, 0) is 11.3 Å². The molecule has 1 N–H and O–H groups in total. The summed E-state index contributed by atoms with van der Waals surface area (Å²) in [4.78, 5) is 12.0. The topological polar surface area (TPSA) is 33.0 Å². The highest BCUT2D eigenvalue weighted by Crippen LogP contribution is 2.09. The lowest BCUT2D eigenvalue weighted by Gasteiger charge is -2.03. The molecule has 1 aromatic heterocycles. The van der Waals surface area contributed by atoms with E-state index in [1.165, 1.54) is 5.39 Å². The van der Waals surface area contributed by atoms with Crippen LogP contribution < -0.4 is 26.9 Å². The molecule has 3 nitrogen and oxygen atoms in total. The van der Waals surface area contributed by atoms with Gasteiger partial charge in [0.1, 0.15) is 0 Å². The Bertz CT molecular complexity index is 744. The molecule has 0 radical (unpaired) electrons. The molecular weight excluding hydrogens is 328 g/mol. The first-order chi connectivity index (χ1) is 9.81. The molecule has 0 saturated heterocycles. The summed E-state index contributed by atoms with van der Waals surface area (Å²) >= 11 is 0. The molecule has 0 spiro atoms. The zero-order valence-electron chi connectivity index (χ0n) is 11.4. The van der Waals surface area contributed by atoms with E-state index in [0.29, 0.717) is 6.54 Å². The average molecular weight is 343 g/mol. The Kier molecular flexibility index (Phi) is 5.06. The number of amides is 1. The molecule has 0 bridgehead atoms. The number of nitrogens with one attached hydrogen (secondary N) is 1. The minimum absolute atomic E-state index is 0. The molecule has 106 valence electrons. The Balaban J connectivity index is 0.00000161. The minimum atomic E-state index is -0.0310. The van der Waals surface area contributed by atoms with Crippen molar-refractivity contribution < 1.29 is 26.3 Å². The number of para-hydroxylation sites is 1. The lowest BCUT2D eigenvalue weighted by Crippen LogP contribution is -3.00. The first kappa shape index (κ1) is 15.2. The molecule has 21 heavy (non-hydrogen) atoms. The highest BCUT2D eigenvalue weighted by molar-refractivity contribution is 5.89. The average Bonchev–Trinajstić information content (AvgIpc) is 2.48. The third-order valence-corrected chi connectivity index (χ3v) is 3.13. The van der Waals surface area contributed by atoms with Crippen molar-refractivity contribution in [2.24, 2.45) is 0 Å². The SMILES string of the molecule is O=C(C[n+]1ccc2ccccc2c1)Nc1ccccc1.[Br-]. The predicted molar refractivity (Wildman–Crippen MR) is 79.2 cm³/mol. The van der Waals surface area contributed by atoms with Crippen LogP contribution in [0.2, 0.25) is 0 Å². The van der Waals surface area contributed by atoms with Gasteiger partial charge in [0.15, 0.2) is 12.4 Å². The molecule has 3 aromatic rings. The first-order valence-electron chi connectivity index (χ1n) is 6.54. The lowest BCUT2D eigenvalue weighted by atomic mass is 10.2. The Morgan fingerprint density at radius 1 is 0.905 bits per heavy atom. The fraction of sp³-hybridized carbons (Fsp3) is 0.0588. The second-order valence-corrected chi connectivity index (χ2v) is 4.66. The van der Waals surface area contributed by atoms with E-state index in [2.05, 4.69) is 11.4 Å². The van der Waals surface area contributed by atoms with Crippen LogP contribution in [-0.4, -0.2) is 5.91 Å². The second kappa shape index (κ2) is 6.99. The van der Waals surface area contributed by atoms with Gasteiger partial charge in [-0.25, -0.2) is 0 Å². The summed E-state index contributed by atoms with van der Waals surface area (Å²) in [5.74, 6) is -0.0310. The van der Waals surface area contributed by atoms with Crippen LogP contribution in [0.1, 0.15) is 0 Å². The third kappa shape index (κ3) is 3.89. The molecule has 3 rings (SSSR count). The van der Waals surface area contributed by atoms with Gasteiger partial charge in [-0.05, 0) is 23.6 Å². The van der Waals surface area contributed by atoms with Crippen molar-refractivity contribution in [1.82, 2.24) is 0 Å². The lowest BCUT2D eigenvalue weighted by molar-refractivity contribution is -0.682. The van der Waals surface area contributed by atoms with Crippen molar-refractivity contribution in [1.29, 1.82) is 0 Å². The Hall–Kier alpha value is -2.20. The van der Waals surface area contributed by atoms with Crippen LogP contribution in [0.5, 0.6) is 0 Å². The van der Waals surface area contributed by atoms with Crippen LogP contribution in [0.3, 0.4) is 0 Å². The predicted octanol–water partition coefficient (Wildman–Crippen LogP) is -0.230.